The van der Waals surface area contributed by atoms with Gasteiger partial charge in [0.25, 0.3) is 0 Å². The summed E-state index contributed by atoms with van der Waals surface area (Å²) in [5, 5.41) is 18.9. The summed E-state index contributed by atoms with van der Waals surface area (Å²) in [6.45, 7) is 0.260. The molecule has 0 aliphatic heterocycles. The first-order valence-electron chi connectivity index (χ1n) is 7.21. The monoisotopic (exact) mass is 274 g/mol. The minimum absolute atomic E-state index is 0.260. The van der Waals surface area contributed by atoms with Crippen LogP contribution in [0.15, 0.2) is 48.5 Å². The fraction of sp³-hybridized carbons (Fsp3) is 0.278. The Bertz CT molecular complexity index is 702. The van der Waals surface area contributed by atoms with Gasteiger partial charge in [-0.25, -0.2) is 0 Å². The molecule has 3 heteroatoms. The Labute approximate surface area is 124 Å². The average molecular weight is 274 g/mol. The molecule has 21 heavy (non-hydrogen) atoms. The average Bonchev–Trinajstić information content (AvgIpc) is 2.69. The molecule has 0 atom stereocenters. The topological polar surface area (TPSA) is 51.9 Å². The first-order valence-corrected chi connectivity index (χ1v) is 7.21. The van der Waals surface area contributed by atoms with E-state index in [-0.39, 0.29) is 6.54 Å². The van der Waals surface area contributed by atoms with E-state index >= 15 is 0 Å². The summed E-state index contributed by atoms with van der Waals surface area (Å²) in [7, 11) is 0. The number of nitriles is 1. The summed E-state index contributed by atoms with van der Waals surface area (Å²) >= 11 is 0. The van der Waals surface area contributed by atoms with Crippen molar-refractivity contribution in [3.05, 3.63) is 75.8 Å². The number of aryl methyl sites for hydroxylation is 2. The lowest BCUT2D eigenvalue weighted by molar-refractivity contribution is 0.616. The van der Waals surface area contributed by atoms with E-state index in [4.69, 9.17) is 5.39 Å². The van der Waals surface area contributed by atoms with Gasteiger partial charge in [-0.3, -0.25) is 0 Å². The molecule has 1 aliphatic carbocycles. The molecule has 0 radical (unpaired) electrons. The number of hydrogen-bond donors (Lipinski definition) is 0. The molecule has 3 rings (SSSR count). The van der Waals surface area contributed by atoms with Crippen molar-refractivity contribution < 1.29 is 0 Å². The van der Waals surface area contributed by atoms with Crippen LogP contribution >= 0.6 is 0 Å². The van der Waals surface area contributed by atoms with Crippen molar-refractivity contribution in [2.24, 2.45) is 0 Å². The molecule has 0 unspecified atom stereocenters. The minimum Gasteiger partial charge on any atom is -0.197 e. The molecular formula is C18H16N3+. The lowest BCUT2D eigenvalue weighted by Gasteiger charge is -2.27. The van der Waals surface area contributed by atoms with E-state index in [0.29, 0.717) is 6.42 Å². The predicted molar refractivity (Wildman–Crippen MR) is 81.3 cm³/mol. The number of nitrogens with zero attached hydrogens (tertiary/aromatic N) is 3. The molecule has 0 heterocycles. The van der Waals surface area contributed by atoms with Gasteiger partial charge >= 0.3 is 6.54 Å². The molecule has 0 N–H and O–H groups in total. The maximum Gasteiger partial charge on any atom is 0.307 e. The first kappa shape index (κ1) is 13.3. The lowest BCUT2D eigenvalue weighted by Crippen LogP contribution is -2.28. The van der Waals surface area contributed by atoms with Gasteiger partial charge in [-0.1, -0.05) is 48.5 Å². The zero-order valence-corrected chi connectivity index (χ0v) is 11.8. The lowest BCUT2D eigenvalue weighted by atomic mass is 9.71. The molecule has 0 amide bonds. The highest BCUT2D eigenvalue weighted by Gasteiger charge is 2.40. The first-order chi connectivity index (χ1) is 10.3. The Balaban J connectivity index is 2.29. The summed E-state index contributed by atoms with van der Waals surface area (Å²) in [6.07, 6.45) is 2.37. The van der Waals surface area contributed by atoms with Gasteiger partial charge < -0.3 is 0 Å². The second kappa shape index (κ2) is 5.38. The highest BCUT2D eigenvalue weighted by molar-refractivity contribution is 5.54. The fourth-order valence-corrected chi connectivity index (χ4v) is 3.39. The van der Waals surface area contributed by atoms with Crippen LogP contribution in [-0.2, 0) is 18.3 Å². The highest BCUT2D eigenvalue weighted by Crippen LogP contribution is 2.41. The van der Waals surface area contributed by atoms with Crippen LogP contribution < -0.4 is 0 Å². The maximum absolute atomic E-state index is 10.0. The standard InChI is InChI=1S/C18H16N3/c19-13-18(11-12-21-20)16-7-3-1-5-14(16)9-10-15-6-2-4-8-17(15)18/h1-8H,9-12H2/q+1. The number of fused-ring (bicyclic) bond motifs is 2. The SMILES string of the molecule is N#CC1(CC[N+]#N)c2ccccc2CCc2ccccc21. The van der Waals surface area contributed by atoms with Gasteiger partial charge in [0.1, 0.15) is 10.4 Å². The number of diazo groups is 1. The largest absolute Gasteiger partial charge is 0.307 e. The van der Waals surface area contributed by atoms with Crippen molar-refractivity contribution in [1.82, 2.24) is 0 Å². The van der Waals surface area contributed by atoms with Crippen LogP contribution in [0.5, 0.6) is 0 Å². The molecule has 1 aliphatic rings. The van der Waals surface area contributed by atoms with Crippen molar-refractivity contribution >= 4 is 0 Å². The van der Waals surface area contributed by atoms with Crippen molar-refractivity contribution in [3.8, 4) is 6.07 Å². The van der Waals surface area contributed by atoms with E-state index in [1.807, 2.05) is 36.4 Å². The summed E-state index contributed by atoms with van der Waals surface area (Å²) in [4.78, 5) is 3.25. The Kier molecular flexibility index (Phi) is 3.42. The number of benzene rings is 2. The van der Waals surface area contributed by atoms with Crippen LogP contribution in [0.2, 0.25) is 0 Å². The molecule has 0 fully saturated rings. The minimum atomic E-state index is -0.726. The molecule has 3 nitrogen and oxygen atoms in total. The van der Waals surface area contributed by atoms with E-state index < -0.39 is 5.41 Å². The Morgan fingerprint density at radius 3 is 1.95 bits per heavy atom. The molecule has 0 saturated carbocycles. The van der Waals surface area contributed by atoms with Gasteiger partial charge in [0.15, 0.2) is 0 Å². The smallest absolute Gasteiger partial charge is 0.197 e. The van der Waals surface area contributed by atoms with Crippen LogP contribution in [0, 0.1) is 16.7 Å². The van der Waals surface area contributed by atoms with Crippen LogP contribution in [0.3, 0.4) is 0 Å². The van der Waals surface area contributed by atoms with Crippen molar-refractivity contribution in [1.29, 1.82) is 10.7 Å². The van der Waals surface area contributed by atoms with E-state index in [9.17, 15) is 5.26 Å². The fourth-order valence-electron chi connectivity index (χ4n) is 3.39. The zero-order valence-electron chi connectivity index (χ0n) is 11.8. The van der Waals surface area contributed by atoms with Crippen molar-refractivity contribution in [2.45, 2.75) is 24.7 Å². The molecular weight excluding hydrogens is 258 g/mol. The molecule has 102 valence electrons. The Morgan fingerprint density at radius 2 is 1.48 bits per heavy atom. The van der Waals surface area contributed by atoms with E-state index in [1.54, 1.807) is 0 Å². The number of rotatable bonds is 2. The van der Waals surface area contributed by atoms with Crippen LogP contribution in [-0.4, -0.2) is 6.54 Å². The third kappa shape index (κ3) is 2.08. The van der Waals surface area contributed by atoms with Gasteiger partial charge in [-0.05, 0) is 35.1 Å². The summed E-state index contributed by atoms with van der Waals surface area (Å²) in [5.41, 5.74) is 3.82. The second-order valence-corrected chi connectivity index (χ2v) is 5.45. The highest BCUT2D eigenvalue weighted by atomic mass is 14.8. The normalized spacial score (nSPS) is 15.0. The van der Waals surface area contributed by atoms with Crippen molar-refractivity contribution in [3.63, 3.8) is 0 Å². The third-order valence-electron chi connectivity index (χ3n) is 4.40. The summed E-state index contributed by atoms with van der Waals surface area (Å²) in [5.74, 6) is 0. The number of hydrogen-bond acceptors (Lipinski definition) is 2. The molecule has 0 bridgehead atoms. The van der Waals surface area contributed by atoms with Gasteiger partial charge in [-0.2, -0.15) is 5.26 Å². The van der Waals surface area contributed by atoms with Crippen LogP contribution in [0.1, 0.15) is 28.7 Å². The molecule has 0 saturated heterocycles. The predicted octanol–water partition coefficient (Wildman–Crippen LogP) is 3.84. The van der Waals surface area contributed by atoms with Crippen molar-refractivity contribution in [2.75, 3.05) is 6.54 Å². The zero-order chi connectivity index (χ0) is 14.7. The molecule has 0 aromatic heterocycles. The second-order valence-electron chi connectivity index (χ2n) is 5.45. The van der Waals surface area contributed by atoms with Crippen LogP contribution in [0.4, 0.5) is 0 Å². The Hall–Kier alpha value is -2.65. The van der Waals surface area contributed by atoms with Gasteiger partial charge in [-0.15, -0.1) is 0 Å². The van der Waals surface area contributed by atoms with E-state index in [1.165, 1.54) is 11.1 Å². The molecule has 0 spiro atoms. The van der Waals surface area contributed by atoms with Gasteiger partial charge in [0.05, 0.1) is 12.5 Å². The maximum atomic E-state index is 10.0. The van der Waals surface area contributed by atoms with Gasteiger partial charge in [0, 0.05) is 0 Å². The quantitative estimate of drug-likeness (QED) is 0.781. The molecule has 2 aromatic carbocycles. The third-order valence-corrected chi connectivity index (χ3v) is 4.40. The van der Waals surface area contributed by atoms with Gasteiger partial charge in [0.2, 0.25) is 5.39 Å². The molecule has 2 aromatic rings. The van der Waals surface area contributed by atoms with Crippen LogP contribution in [0.25, 0.3) is 4.98 Å². The summed E-state index contributed by atoms with van der Waals surface area (Å²) in [6, 6.07) is 18.8. The van der Waals surface area contributed by atoms with E-state index in [2.05, 4.69) is 23.2 Å². The summed E-state index contributed by atoms with van der Waals surface area (Å²) < 4.78 is 0. The van der Waals surface area contributed by atoms with E-state index in [0.717, 1.165) is 24.0 Å². The Morgan fingerprint density at radius 1 is 0.952 bits per heavy atom.